The van der Waals surface area contributed by atoms with Gasteiger partial charge in [-0.3, -0.25) is 0 Å². The summed E-state index contributed by atoms with van der Waals surface area (Å²) in [7, 11) is 0. The number of aldehydes is 1. The van der Waals surface area contributed by atoms with Crippen LogP contribution >= 0.6 is 0 Å². The zero-order valence-electron chi connectivity index (χ0n) is 11.4. The average Bonchev–Trinajstić information content (AvgIpc) is 2.90. The number of rotatable bonds is 7. The number of hydrogen-bond acceptors (Lipinski definition) is 3. The van der Waals surface area contributed by atoms with Gasteiger partial charge in [-0.25, -0.2) is 4.39 Å². The molecule has 0 aliphatic rings. The Balaban J connectivity index is 2.07. The monoisotopic (exact) mass is 275 g/mol. The van der Waals surface area contributed by atoms with E-state index in [1.165, 1.54) is 12.1 Å². The van der Waals surface area contributed by atoms with Gasteiger partial charge in [0.25, 0.3) is 0 Å². The molecule has 20 heavy (non-hydrogen) atoms. The molecule has 0 amide bonds. The summed E-state index contributed by atoms with van der Waals surface area (Å²) in [5, 5.41) is 3.21. The number of halogens is 1. The predicted octanol–water partition coefficient (Wildman–Crippen LogP) is 3.25. The lowest BCUT2D eigenvalue weighted by Crippen LogP contribution is -2.20. The Bertz CT molecular complexity index is 548. The minimum absolute atomic E-state index is 0.0838. The van der Waals surface area contributed by atoms with Gasteiger partial charge in [-0.05, 0) is 36.4 Å². The van der Waals surface area contributed by atoms with Crippen LogP contribution in [0.2, 0.25) is 0 Å². The Morgan fingerprint density at radius 3 is 2.65 bits per heavy atom. The van der Waals surface area contributed by atoms with E-state index in [2.05, 4.69) is 5.32 Å². The molecule has 2 aromatic rings. The Morgan fingerprint density at radius 2 is 2.00 bits per heavy atom. The Hall–Kier alpha value is -1.94. The Labute approximate surface area is 117 Å². The lowest BCUT2D eigenvalue weighted by atomic mass is 10.1. The molecule has 1 aromatic carbocycles. The molecular formula is C16H18FNO2. The van der Waals surface area contributed by atoms with Crippen LogP contribution in [0.5, 0.6) is 0 Å². The summed E-state index contributed by atoms with van der Waals surface area (Å²) in [5.41, 5.74) is 0.989. The summed E-state index contributed by atoms with van der Waals surface area (Å²) in [6, 6.07) is 10.1. The highest BCUT2D eigenvalue weighted by molar-refractivity contribution is 5.51. The summed E-state index contributed by atoms with van der Waals surface area (Å²) in [6.07, 6.45) is 1.88. The van der Waals surface area contributed by atoms with Gasteiger partial charge >= 0.3 is 0 Å². The number of benzene rings is 1. The molecule has 0 spiro atoms. The Kier molecular flexibility index (Phi) is 5.07. The maximum Gasteiger partial charge on any atom is 0.123 e. The summed E-state index contributed by atoms with van der Waals surface area (Å²) in [6.45, 7) is 2.76. The second-order valence-corrected chi connectivity index (χ2v) is 4.62. The number of furan rings is 1. The first-order valence-electron chi connectivity index (χ1n) is 6.73. The third-order valence-corrected chi connectivity index (χ3v) is 3.10. The van der Waals surface area contributed by atoms with Gasteiger partial charge < -0.3 is 14.5 Å². The molecular weight excluding hydrogens is 257 g/mol. The highest BCUT2D eigenvalue weighted by Gasteiger charge is 2.14. The highest BCUT2D eigenvalue weighted by atomic mass is 19.1. The quantitative estimate of drug-likeness (QED) is 0.789. The third kappa shape index (κ3) is 3.78. The zero-order chi connectivity index (χ0) is 14.4. The molecule has 0 saturated heterocycles. The summed E-state index contributed by atoms with van der Waals surface area (Å²) >= 11 is 0. The molecule has 3 nitrogen and oxygen atoms in total. The second-order valence-electron chi connectivity index (χ2n) is 4.62. The van der Waals surface area contributed by atoms with E-state index in [0.717, 1.165) is 29.9 Å². The Morgan fingerprint density at radius 1 is 1.25 bits per heavy atom. The lowest BCUT2D eigenvalue weighted by molar-refractivity contribution is -0.108. The molecule has 0 saturated carbocycles. The van der Waals surface area contributed by atoms with E-state index in [0.29, 0.717) is 12.8 Å². The fourth-order valence-corrected chi connectivity index (χ4v) is 2.12. The van der Waals surface area contributed by atoms with E-state index >= 15 is 0 Å². The highest BCUT2D eigenvalue weighted by Crippen LogP contribution is 2.21. The molecule has 1 N–H and O–H groups in total. The van der Waals surface area contributed by atoms with Crippen molar-refractivity contribution in [2.75, 3.05) is 6.54 Å². The van der Waals surface area contributed by atoms with Crippen LogP contribution in [0.1, 0.15) is 36.5 Å². The van der Waals surface area contributed by atoms with Crippen LogP contribution in [-0.4, -0.2) is 12.8 Å². The molecule has 2 rings (SSSR count). The fraction of sp³-hybridized carbons (Fsp3) is 0.312. The predicted molar refractivity (Wildman–Crippen MR) is 75.0 cm³/mol. The molecule has 4 heteroatoms. The van der Waals surface area contributed by atoms with Gasteiger partial charge in [0.05, 0.1) is 6.04 Å². The van der Waals surface area contributed by atoms with Crippen molar-refractivity contribution in [2.24, 2.45) is 0 Å². The molecule has 1 atom stereocenters. The van der Waals surface area contributed by atoms with Crippen molar-refractivity contribution in [3.63, 3.8) is 0 Å². The minimum atomic E-state index is -0.243. The van der Waals surface area contributed by atoms with Gasteiger partial charge in [-0.15, -0.1) is 0 Å². The maximum atomic E-state index is 12.8. The zero-order valence-corrected chi connectivity index (χ0v) is 11.4. The van der Waals surface area contributed by atoms with Crippen molar-refractivity contribution < 1.29 is 13.6 Å². The summed E-state index contributed by atoms with van der Waals surface area (Å²) < 4.78 is 18.6. The van der Waals surface area contributed by atoms with Crippen molar-refractivity contribution in [3.05, 3.63) is 59.3 Å². The SMILES string of the molecule is CCNC(CC=O)c1ccc(Cc2ccc(F)cc2)o1. The van der Waals surface area contributed by atoms with Crippen LogP contribution < -0.4 is 5.32 Å². The van der Waals surface area contributed by atoms with Gasteiger partial charge in [0.2, 0.25) is 0 Å². The van der Waals surface area contributed by atoms with E-state index < -0.39 is 0 Å². The van der Waals surface area contributed by atoms with Crippen molar-refractivity contribution in [1.82, 2.24) is 5.32 Å². The number of hydrogen-bond donors (Lipinski definition) is 1. The van der Waals surface area contributed by atoms with E-state index in [1.807, 2.05) is 19.1 Å². The first-order chi connectivity index (χ1) is 9.72. The van der Waals surface area contributed by atoms with Gasteiger partial charge in [0, 0.05) is 12.8 Å². The van der Waals surface area contributed by atoms with E-state index in [4.69, 9.17) is 4.42 Å². The van der Waals surface area contributed by atoms with Crippen LogP contribution in [0, 0.1) is 5.82 Å². The van der Waals surface area contributed by atoms with Crippen molar-refractivity contribution in [1.29, 1.82) is 0 Å². The maximum absolute atomic E-state index is 12.8. The summed E-state index contributed by atoms with van der Waals surface area (Å²) in [5.74, 6) is 1.32. The van der Waals surface area contributed by atoms with E-state index in [9.17, 15) is 9.18 Å². The average molecular weight is 275 g/mol. The standard InChI is InChI=1S/C16H18FNO2/c1-2-18-15(9-10-19)16-8-7-14(20-16)11-12-3-5-13(17)6-4-12/h3-8,10,15,18H,2,9,11H2,1H3. The minimum Gasteiger partial charge on any atom is -0.464 e. The van der Waals surface area contributed by atoms with E-state index in [-0.39, 0.29) is 11.9 Å². The molecule has 0 fully saturated rings. The normalized spacial score (nSPS) is 12.3. The fourth-order valence-electron chi connectivity index (χ4n) is 2.12. The van der Waals surface area contributed by atoms with Crippen LogP contribution in [0.15, 0.2) is 40.8 Å². The first kappa shape index (κ1) is 14.5. The van der Waals surface area contributed by atoms with Gasteiger partial charge in [-0.1, -0.05) is 19.1 Å². The van der Waals surface area contributed by atoms with Crippen LogP contribution in [-0.2, 0) is 11.2 Å². The molecule has 1 heterocycles. The van der Waals surface area contributed by atoms with E-state index in [1.54, 1.807) is 12.1 Å². The molecule has 1 unspecified atom stereocenters. The van der Waals surface area contributed by atoms with Crippen LogP contribution in [0.4, 0.5) is 4.39 Å². The van der Waals surface area contributed by atoms with Gasteiger partial charge in [0.1, 0.15) is 23.6 Å². The number of carbonyl (C=O) groups is 1. The lowest BCUT2D eigenvalue weighted by Gasteiger charge is -2.11. The van der Waals surface area contributed by atoms with Gasteiger partial charge in [-0.2, -0.15) is 0 Å². The molecule has 106 valence electrons. The molecule has 0 aliphatic carbocycles. The summed E-state index contributed by atoms with van der Waals surface area (Å²) in [4.78, 5) is 10.7. The molecule has 1 aromatic heterocycles. The van der Waals surface area contributed by atoms with Crippen molar-refractivity contribution in [2.45, 2.75) is 25.8 Å². The second kappa shape index (κ2) is 7.01. The van der Waals surface area contributed by atoms with Crippen molar-refractivity contribution >= 4 is 6.29 Å². The molecule has 0 bridgehead atoms. The number of nitrogens with one attached hydrogen (secondary N) is 1. The largest absolute Gasteiger partial charge is 0.464 e. The van der Waals surface area contributed by atoms with Crippen LogP contribution in [0.25, 0.3) is 0 Å². The van der Waals surface area contributed by atoms with Crippen LogP contribution in [0.3, 0.4) is 0 Å². The van der Waals surface area contributed by atoms with Crippen molar-refractivity contribution in [3.8, 4) is 0 Å². The number of carbonyl (C=O) groups excluding carboxylic acids is 1. The topological polar surface area (TPSA) is 42.2 Å². The third-order valence-electron chi connectivity index (χ3n) is 3.10. The first-order valence-corrected chi connectivity index (χ1v) is 6.73. The van der Waals surface area contributed by atoms with Gasteiger partial charge in [0.15, 0.2) is 0 Å². The molecule has 0 aliphatic heterocycles. The smallest absolute Gasteiger partial charge is 0.123 e. The molecule has 0 radical (unpaired) electrons.